The number of carbonyl (C=O) groups is 1. The van der Waals surface area contributed by atoms with E-state index in [4.69, 9.17) is 9.47 Å². The Morgan fingerprint density at radius 1 is 1.38 bits per heavy atom. The van der Waals surface area contributed by atoms with Crippen molar-refractivity contribution in [3.05, 3.63) is 36.9 Å². The molecule has 1 aliphatic heterocycles. The third-order valence-corrected chi connectivity index (χ3v) is 2.82. The Balaban J connectivity index is 2.09. The Bertz CT molecular complexity index is 530. The molecule has 0 radical (unpaired) electrons. The maximum absolute atomic E-state index is 12.5. The summed E-state index contributed by atoms with van der Waals surface area (Å²) in [4.78, 5) is 12.8. The van der Waals surface area contributed by atoms with Crippen LogP contribution in [0.1, 0.15) is 0 Å². The van der Waals surface area contributed by atoms with E-state index in [-0.39, 0.29) is 13.2 Å². The molecule has 0 N–H and O–H groups in total. The van der Waals surface area contributed by atoms with E-state index in [1.54, 1.807) is 24.3 Å². The summed E-state index contributed by atoms with van der Waals surface area (Å²) in [5.74, 6) is 0.0297. The number of fused-ring (bicyclic) bond motifs is 1. The minimum atomic E-state index is -4.48. The topological polar surface area (TPSA) is 38.8 Å². The molecule has 0 spiro atoms. The molecule has 1 amide bonds. The average molecular weight is 301 g/mol. The van der Waals surface area contributed by atoms with Crippen molar-refractivity contribution in [3.63, 3.8) is 0 Å². The molecule has 1 atom stereocenters. The van der Waals surface area contributed by atoms with Crippen molar-refractivity contribution in [3.8, 4) is 11.5 Å². The summed E-state index contributed by atoms with van der Waals surface area (Å²) in [6, 6.07) is 6.67. The van der Waals surface area contributed by atoms with E-state index in [9.17, 15) is 18.0 Å². The molecule has 2 rings (SSSR count). The third-order valence-electron chi connectivity index (χ3n) is 2.82. The quantitative estimate of drug-likeness (QED) is 0.802. The molecule has 0 saturated carbocycles. The zero-order valence-corrected chi connectivity index (χ0v) is 11.1. The molecule has 0 saturated heterocycles. The number of benzene rings is 1. The van der Waals surface area contributed by atoms with Gasteiger partial charge in [0.25, 0.3) is 5.91 Å². The summed E-state index contributed by atoms with van der Waals surface area (Å²) in [6.07, 6.45) is -4.34. The number of amides is 1. The number of ether oxygens (including phenoxy) is 2. The van der Waals surface area contributed by atoms with Crippen molar-refractivity contribution >= 4 is 5.91 Å². The van der Waals surface area contributed by atoms with Gasteiger partial charge >= 0.3 is 6.18 Å². The van der Waals surface area contributed by atoms with Gasteiger partial charge in [0.2, 0.25) is 6.10 Å². The van der Waals surface area contributed by atoms with E-state index in [0.717, 1.165) is 0 Å². The first-order chi connectivity index (χ1) is 9.90. The smallest absolute Gasteiger partial charge is 0.406 e. The van der Waals surface area contributed by atoms with Gasteiger partial charge in [0, 0.05) is 6.54 Å². The highest BCUT2D eigenvalue weighted by atomic mass is 19.4. The van der Waals surface area contributed by atoms with Gasteiger partial charge in [-0.2, -0.15) is 13.2 Å². The van der Waals surface area contributed by atoms with Crippen LogP contribution >= 0.6 is 0 Å². The first kappa shape index (κ1) is 15.2. The number of nitrogens with zero attached hydrogens (tertiary/aromatic N) is 1. The van der Waals surface area contributed by atoms with Crippen LogP contribution in [-0.2, 0) is 4.79 Å². The fourth-order valence-corrected chi connectivity index (χ4v) is 1.95. The fraction of sp³-hybridized carbons (Fsp3) is 0.357. The van der Waals surface area contributed by atoms with Crippen molar-refractivity contribution in [1.82, 2.24) is 4.90 Å². The van der Waals surface area contributed by atoms with Gasteiger partial charge in [-0.3, -0.25) is 4.79 Å². The second kappa shape index (κ2) is 6.07. The Morgan fingerprint density at radius 2 is 2.05 bits per heavy atom. The summed E-state index contributed by atoms with van der Waals surface area (Å²) < 4.78 is 48.2. The highest BCUT2D eigenvalue weighted by molar-refractivity contribution is 5.82. The molecule has 114 valence electrons. The SMILES string of the molecule is C=CCN(CC(F)(F)F)C(=O)C1COc2ccccc2O1. The molecule has 0 fully saturated rings. The lowest BCUT2D eigenvalue weighted by molar-refractivity contribution is -0.165. The molecule has 1 aromatic rings. The molecule has 1 aliphatic rings. The number of halogens is 3. The van der Waals surface area contributed by atoms with Crippen LogP contribution in [-0.4, -0.2) is 42.8 Å². The largest absolute Gasteiger partial charge is 0.485 e. The van der Waals surface area contributed by atoms with Gasteiger partial charge in [-0.15, -0.1) is 6.58 Å². The molecule has 1 aromatic carbocycles. The first-order valence-corrected chi connectivity index (χ1v) is 6.25. The molecule has 1 unspecified atom stereocenters. The van der Waals surface area contributed by atoms with Crippen LogP contribution in [0.4, 0.5) is 13.2 Å². The fourth-order valence-electron chi connectivity index (χ4n) is 1.95. The summed E-state index contributed by atoms with van der Waals surface area (Å²) in [5, 5.41) is 0. The number of alkyl halides is 3. The van der Waals surface area contributed by atoms with E-state index in [2.05, 4.69) is 6.58 Å². The molecule has 21 heavy (non-hydrogen) atoms. The number of carbonyl (C=O) groups excluding carboxylic acids is 1. The monoisotopic (exact) mass is 301 g/mol. The van der Waals surface area contributed by atoms with Crippen LogP contribution in [0.3, 0.4) is 0 Å². The molecular formula is C14H14F3NO3. The lowest BCUT2D eigenvalue weighted by atomic mass is 10.2. The number of hydrogen-bond acceptors (Lipinski definition) is 3. The van der Waals surface area contributed by atoms with E-state index >= 15 is 0 Å². The molecule has 1 heterocycles. The van der Waals surface area contributed by atoms with Crippen molar-refractivity contribution in [1.29, 1.82) is 0 Å². The van der Waals surface area contributed by atoms with E-state index in [1.807, 2.05) is 0 Å². The van der Waals surface area contributed by atoms with Crippen LogP contribution in [0.5, 0.6) is 11.5 Å². The van der Waals surface area contributed by atoms with Crippen molar-refractivity contribution in [2.24, 2.45) is 0 Å². The zero-order valence-electron chi connectivity index (χ0n) is 11.1. The normalized spacial score (nSPS) is 17.2. The lowest BCUT2D eigenvalue weighted by Gasteiger charge is -2.30. The lowest BCUT2D eigenvalue weighted by Crippen LogP contribution is -2.49. The standard InChI is InChI=1S/C14H14F3NO3/c1-2-7-18(9-14(15,16)17)13(19)12-8-20-10-5-3-4-6-11(10)21-12/h2-6,12H,1,7-9H2. The Labute approximate surface area is 119 Å². The Hall–Kier alpha value is -2.18. The molecule has 7 heteroatoms. The van der Waals surface area contributed by atoms with Crippen LogP contribution < -0.4 is 9.47 Å². The van der Waals surface area contributed by atoms with Gasteiger partial charge < -0.3 is 14.4 Å². The first-order valence-electron chi connectivity index (χ1n) is 6.25. The maximum Gasteiger partial charge on any atom is 0.406 e. The van der Waals surface area contributed by atoms with Gasteiger partial charge in [0.05, 0.1) is 0 Å². The van der Waals surface area contributed by atoms with Crippen molar-refractivity contribution in [2.75, 3.05) is 19.7 Å². The highest BCUT2D eigenvalue weighted by Crippen LogP contribution is 2.31. The Kier molecular flexibility index (Phi) is 4.40. The van der Waals surface area contributed by atoms with Gasteiger partial charge in [-0.05, 0) is 12.1 Å². The second-order valence-electron chi connectivity index (χ2n) is 4.49. The van der Waals surface area contributed by atoms with E-state index < -0.39 is 24.7 Å². The summed E-state index contributed by atoms with van der Waals surface area (Å²) >= 11 is 0. The van der Waals surface area contributed by atoms with Gasteiger partial charge in [-0.25, -0.2) is 0 Å². The maximum atomic E-state index is 12.5. The van der Waals surface area contributed by atoms with E-state index in [1.165, 1.54) is 6.08 Å². The van der Waals surface area contributed by atoms with Crippen LogP contribution in [0.2, 0.25) is 0 Å². The van der Waals surface area contributed by atoms with Gasteiger partial charge in [0.15, 0.2) is 11.5 Å². The molecular weight excluding hydrogens is 287 g/mol. The minimum Gasteiger partial charge on any atom is -0.485 e. The predicted octanol–water partition coefficient (Wildman–Crippen LogP) is 2.40. The Morgan fingerprint density at radius 3 is 2.67 bits per heavy atom. The van der Waals surface area contributed by atoms with Crippen LogP contribution in [0.15, 0.2) is 36.9 Å². The molecule has 4 nitrogen and oxygen atoms in total. The summed E-state index contributed by atoms with van der Waals surface area (Å²) in [6.45, 7) is 1.68. The zero-order chi connectivity index (χ0) is 15.5. The molecule has 0 aromatic heterocycles. The van der Waals surface area contributed by atoms with Crippen LogP contribution in [0.25, 0.3) is 0 Å². The average Bonchev–Trinajstić information content (AvgIpc) is 2.44. The number of para-hydroxylation sites is 2. The predicted molar refractivity (Wildman–Crippen MR) is 69.2 cm³/mol. The third kappa shape index (κ3) is 3.90. The summed E-state index contributed by atoms with van der Waals surface area (Å²) in [5.41, 5.74) is 0. The van der Waals surface area contributed by atoms with Gasteiger partial charge in [-0.1, -0.05) is 18.2 Å². The molecule has 0 aliphatic carbocycles. The van der Waals surface area contributed by atoms with Crippen molar-refractivity contribution < 1.29 is 27.4 Å². The van der Waals surface area contributed by atoms with Gasteiger partial charge in [0.1, 0.15) is 13.2 Å². The van der Waals surface area contributed by atoms with E-state index in [0.29, 0.717) is 16.4 Å². The number of rotatable bonds is 4. The van der Waals surface area contributed by atoms with Crippen molar-refractivity contribution in [2.45, 2.75) is 12.3 Å². The molecule has 0 bridgehead atoms. The second-order valence-corrected chi connectivity index (χ2v) is 4.49. The minimum absolute atomic E-state index is 0.124. The summed E-state index contributed by atoms with van der Waals surface area (Å²) in [7, 11) is 0. The van der Waals surface area contributed by atoms with Crippen LogP contribution in [0, 0.1) is 0 Å². The number of hydrogen-bond donors (Lipinski definition) is 0. The highest BCUT2D eigenvalue weighted by Gasteiger charge is 2.37.